The van der Waals surface area contributed by atoms with E-state index in [1.165, 1.54) is 0 Å². The van der Waals surface area contributed by atoms with Crippen LogP contribution in [0.3, 0.4) is 0 Å². The van der Waals surface area contributed by atoms with Crippen LogP contribution in [0.25, 0.3) is 0 Å². The van der Waals surface area contributed by atoms with Crippen molar-refractivity contribution in [2.24, 2.45) is 0 Å². The summed E-state index contributed by atoms with van der Waals surface area (Å²) in [5.74, 6) is 4.39. The van der Waals surface area contributed by atoms with Gasteiger partial charge in [0.25, 0.3) is 0 Å². The Hall–Kier alpha value is -7.10. The van der Waals surface area contributed by atoms with Crippen LogP contribution in [0.2, 0.25) is 0 Å². The Balaban J connectivity index is 1.13. The Morgan fingerprint density at radius 2 is 0.625 bits per heavy atom. The van der Waals surface area contributed by atoms with Crippen molar-refractivity contribution in [1.29, 1.82) is 0 Å². The zero-order valence-corrected chi connectivity index (χ0v) is 37.3. The first kappa shape index (κ1) is 44.9. The molecule has 326 valence electrons. The topological polar surface area (TPSA) is 73.8 Å². The van der Waals surface area contributed by atoms with E-state index in [0.29, 0.717) is 77.8 Å². The molecular formula is C55H51BrO8. The van der Waals surface area contributed by atoms with E-state index in [2.05, 4.69) is 29.1 Å². The van der Waals surface area contributed by atoms with Crippen LogP contribution in [0.5, 0.6) is 46.0 Å². The van der Waals surface area contributed by atoms with Gasteiger partial charge in [-0.05, 0) is 75.3 Å². The van der Waals surface area contributed by atoms with Gasteiger partial charge in [-0.3, -0.25) is 0 Å². The fourth-order valence-corrected chi connectivity index (χ4v) is 6.90. The predicted molar refractivity (Wildman–Crippen MR) is 255 cm³/mol. The first-order valence-electron chi connectivity index (χ1n) is 21.0. The van der Waals surface area contributed by atoms with Gasteiger partial charge in [0.2, 0.25) is 11.5 Å². The fourth-order valence-electron chi connectivity index (χ4n) is 6.58. The highest BCUT2D eigenvalue weighted by Crippen LogP contribution is 2.42. The molecule has 0 aliphatic carbocycles. The molecule has 0 N–H and O–H groups in total. The molecule has 0 radical (unpaired) electrons. The van der Waals surface area contributed by atoms with E-state index in [1.54, 1.807) is 12.2 Å². The van der Waals surface area contributed by atoms with Crippen LogP contribution < -0.4 is 37.9 Å². The van der Waals surface area contributed by atoms with Gasteiger partial charge >= 0.3 is 0 Å². The summed E-state index contributed by atoms with van der Waals surface area (Å²) >= 11 is 3.64. The average molecular weight is 920 g/mol. The third-order valence-electron chi connectivity index (χ3n) is 9.71. The quantitative estimate of drug-likeness (QED) is 0.0415. The van der Waals surface area contributed by atoms with Crippen molar-refractivity contribution < 1.29 is 37.9 Å². The molecule has 0 saturated carbocycles. The molecule has 7 rings (SSSR count). The number of ether oxygens (including phenoxy) is 8. The zero-order valence-electron chi connectivity index (χ0n) is 35.7. The smallest absolute Gasteiger partial charge is 0.203 e. The van der Waals surface area contributed by atoms with E-state index in [9.17, 15) is 0 Å². The summed E-state index contributed by atoms with van der Waals surface area (Å²) in [6.07, 6.45) is 3.39. The Labute approximate surface area is 384 Å². The lowest BCUT2D eigenvalue weighted by atomic mass is 10.1. The lowest BCUT2D eigenvalue weighted by Crippen LogP contribution is -2.06. The Bertz CT molecular complexity index is 2230. The van der Waals surface area contributed by atoms with Gasteiger partial charge in [0.15, 0.2) is 23.0 Å². The zero-order chi connectivity index (χ0) is 44.2. The van der Waals surface area contributed by atoms with Gasteiger partial charge < -0.3 is 37.9 Å². The summed E-state index contributed by atoms with van der Waals surface area (Å²) in [6, 6.07) is 53.5. The van der Waals surface area contributed by atoms with Crippen LogP contribution in [-0.4, -0.2) is 13.2 Å². The summed E-state index contributed by atoms with van der Waals surface area (Å²) in [5, 5.41) is 0.592. The molecule has 0 aliphatic heterocycles. The largest absolute Gasteiger partial charge is 0.489 e. The molecule has 0 saturated heterocycles. The molecular weight excluding hydrogens is 869 g/mol. The van der Waals surface area contributed by atoms with Crippen molar-refractivity contribution in [2.75, 3.05) is 13.2 Å². The van der Waals surface area contributed by atoms with Crippen LogP contribution in [0, 0.1) is 0 Å². The van der Waals surface area contributed by atoms with Crippen molar-refractivity contribution in [1.82, 2.24) is 0 Å². The minimum Gasteiger partial charge on any atom is -0.489 e. The molecule has 64 heavy (non-hydrogen) atoms. The van der Waals surface area contributed by atoms with E-state index in [-0.39, 0.29) is 26.4 Å². The highest BCUT2D eigenvalue weighted by Gasteiger charge is 2.19. The average Bonchev–Trinajstić information content (AvgIpc) is 3.35. The van der Waals surface area contributed by atoms with Crippen LogP contribution >= 0.6 is 15.9 Å². The second kappa shape index (κ2) is 23.9. The van der Waals surface area contributed by atoms with Gasteiger partial charge in [-0.15, -0.1) is 0 Å². The normalized spacial score (nSPS) is 10.6. The molecule has 7 aromatic carbocycles. The van der Waals surface area contributed by atoms with Crippen molar-refractivity contribution >= 4 is 15.9 Å². The van der Waals surface area contributed by atoms with Crippen molar-refractivity contribution in [3.8, 4) is 46.0 Å². The Morgan fingerprint density at radius 1 is 0.328 bits per heavy atom. The van der Waals surface area contributed by atoms with Gasteiger partial charge in [0.1, 0.15) is 64.4 Å². The van der Waals surface area contributed by atoms with Gasteiger partial charge in [0.05, 0.1) is 0 Å². The molecule has 0 bridgehead atoms. The van der Waals surface area contributed by atoms with E-state index < -0.39 is 0 Å². The van der Waals surface area contributed by atoms with E-state index in [4.69, 9.17) is 37.9 Å². The van der Waals surface area contributed by atoms with Gasteiger partial charge in [-0.2, -0.15) is 0 Å². The maximum Gasteiger partial charge on any atom is 0.203 e. The van der Waals surface area contributed by atoms with Gasteiger partial charge in [-0.1, -0.05) is 163 Å². The minimum atomic E-state index is 0.215. The first-order chi connectivity index (χ1) is 31.6. The predicted octanol–water partition coefficient (Wildman–Crippen LogP) is 13.2. The van der Waals surface area contributed by atoms with Gasteiger partial charge in [-0.25, -0.2) is 0 Å². The molecule has 0 atom stereocenters. The number of alkyl halides is 1. The lowest BCUT2D eigenvalue weighted by molar-refractivity contribution is 0.244. The molecule has 9 heteroatoms. The van der Waals surface area contributed by atoms with Gasteiger partial charge in [0, 0.05) is 11.4 Å². The molecule has 0 fully saturated rings. The molecule has 7 aromatic rings. The Kier molecular flexibility index (Phi) is 16.8. The molecule has 0 aliphatic rings. The molecule has 0 spiro atoms. The summed E-state index contributed by atoms with van der Waals surface area (Å²) < 4.78 is 50.9. The van der Waals surface area contributed by atoms with Crippen LogP contribution in [0.15, 0.2) is 189 Å². The van der Waals surface area contributed by atoms with E-state index >= 15 is 0 Å². The SMILES string of the molecule is C=CCOc1c(OCc2ccccc2)cc(COc2cc(CBr)cc(OCc3cc(OCc4ccccc4)c(OCC=C)c(OCc4ccccc4)c3)c2)cc1OCc1ccccc1. The first-order valence-corrected chi connectivity index (χ1v) is 22.1. The molecule has 0 amide bonds. The number of hydrogen-bond donors (Lipinski definition) is 0. The second-order valence-electron chi connectivity index (χ2n) is 14.7. The maximum absolute atomic E-state index is 6.49. The third kappa shape index (κ3) is 13.4. The second-order valence-corrected chi connectivity index (χ2v) is 15.2. The number of halogens is 1. The molecule has 8 nitrogen and oxygen atoms in total. The lowest BCUT2D eigenvalue weighted by Gasteiger charge is -2.19. The van der Waals surface area contributed by atoms with Crippen LogP contribution in [0.1, 0.15) is 38.9 Å². The maximum atomic E-state index is 6.49. The summed E-state index contributed by atoms with van der Waals surface area (Å²) in [5.41, 5.74) is 6.72. The highest BCUT2D eigenvalue weighted by molar-refractivity contribution is 9.08. The standard InChI is InChI=1S/C55H51BrO8/c1-3-25-57-54-50(61-35-41-17-9-5-10-18-41)29-46(30-51(54)62-36-42-19-11-6-12-20-42)39-59-48-27-45(34-56)28-49(33-48)60-40-47-31-52(63-37-43-21-13-7-14-22-43)55(58-26-4-2)53(32-47)64-38-44-23-15-8-16-24-44/h3-24,27-33H,1-2,25-26,34-40H2. The summed E-state index contributed by atoms with van der Waals surface area (Å²) in [4.78, 5) is 0. The van der Waals surface area contributed by atoms with Crippen molar-refractivity contribution in [3.05, 3.63) is 228 Å². The van der Waals surface area contributed by atoms with Crippen molar-refractivity contribution in [3.63, 3.8) is 0 Å². The van der Waals surface area contributed by atoms with Crippen LogP contribution in [0.4, 0.5) is 0 Å². The number of rotatable bonds is 25. The summed E-state index contributed by atoms with van der Waals surface area (Å²) in [6.45, 7) is 10.0. The molecule has 0 heterocycles. The van der Waals surface area contributed by atoms with Crippen LogP contribution in [-0.2, 0) is 45.0 Å². The minimum absolute atomic E-state index is 0.215. The number of hydrogen-bond acceptors (Lipinski definition) is 8. The fraction of sp³-hybridized carbons (Fsp3) is 0.164. The molecule has 0 unspecified atom stereocenters. The van der Waals surface area contributed by atoms with E-state index in [0.717, 1.165) is 38.9 Å². The molecule has 0 aromatic heterocycles. The van der Waals surface area contributed by atoms with Crippen molar-refractivity contribution in [2.45, 2.75) is 45.0 Å². The summed E-state index contributed by atoms with van der Waals surface area (Å²) in [7, 11) is 0. The monoisotopic (exact) mass is 918 g/mol. The van der Waals surface area contributed by atoms with E-state index in [1.807, 2.05) is 164 Å². The number of benzene rings is 7. The highest BCUT2D eigenvalue weighted by atomic mass is 79.9. The Morgan fingerprint density at radius 3 is 0.906 bits per heavy atom. The third-order valence-corrected chi connectivity index (χ3v) is 10.4.